The summed E-state index contributed by atoms with van der Waals surface area (Å²) in [5.74, 6) is 0.381. The van der Waals surface area contributed by atoms with Gasteiger partial charge in [0, 0.05) is 23.0 Å². The highest BCUT2D eigenvalue weighted by atomic mass is 35.5. The van der Waals surface area contributed by atoms with E-state index in [2.05, 4.69) is 15.6 Å². The van der Waals surface area contributed by atoms with Crippen LogP contribution in [0.2, 0.25) is 5.02 Å². The first-order valence-electron chi connectivity index (χ1n) is 7.99. The van der Waals surface area contributed by atoms with Crippen molar-refractivity contribution in [3.63, 3.8) is 0 Å². The number of pyridine rings is 1. The second-order valence-electron chi connectivity index (χ2n) is 5.71. The Balaban J connectivity index is 1.82. The fourth-order valence-corrected chi connectivity index (χ4v) is 2.60. The topological polar surface area (TPSA) is 63.2 Å². The van der Waals surface area contributed by atoms with Gasteiger partial charge < -0.3 is 15.4 Å². The quantitative estimate of drug-likeness (QED) is 0.662. The van der Waals surface area contributed by atoms with Crippen LogP contribution in [0.25, 0.3) is 0 Å². The molecule has 0 spiro atoms. The summed E-state index contributed by atoms with van der Waals surface area (Å²) in [5, 5.41) is 6.69. The number of methoxy groups -OCH3 is 1. The molecule has 0 radical (unpaired) electrons. The minimum absolute atomic E-state index is 0.230. The van der Waals surface area contributed by atoms with E-state index >= 15 is 0 Å². The van der Waals surface area contributed by atoms with Gasteiger partial charge in [-0.15, -0.1) is 0 Å². The van der Waals surface area contributed by atoms with Crippen molar-refractivity contribution in [2.45, 2.75) is 6.92 Å². The highest BCUT2D eigenvalue weighted by molar-refractivity contribution is 6.31. The highest BCUT2D eigenvalue weighted by Crippen LogP contribution is 2.33. The number of carbonyl (C=O) groups is 1. The van der Waals surface area contributed by atoms with Crippen molar-refractivity contribution in [1.82, 2.24) is 4.98 Å². The Hall–Kier alpha value is -3.05. The Bertz CT molecular complexity index is 930. The van der Waals surface area contributed by atoms with Gasteiger partial charge in [0.25, 0.3) is 5.91 Å². The second-order valence-corrected chi connectivity index (χ2v) is 6.12. The normalized spacial score (nSPS) is 10.3. The van der Waals surface area contributed by atoms with E-state index in [4.69, 9.17) is 16.3 Å². The molecular formula is C20H18ClN3O2. The maximum absolute atomic E-state index is 12.4. The standard InChI is InChI=1S/C20H18ClN3O2/c1-13-8-18(19(26-2)10-17(13)21)23-16-9-14(11-22-12-16)20(25)24-15-6-4-3-5-7-15/h3-12,23H,1-2H3,(H,24,25). The van der Waals surface area contributed by atoms with Gasteiger partial charge >= 0.3 is 0 Å². The number of anilines is 3. The lowest BCUT2D eigenvalue weighted by molar-refractivity contribution is 0.102. The second kappa shape index (κ2) is 7.89. The molecule has 1 amide bonds. The van der Waals surface area contributed by atoms with Crippen molar-refractivity contribution < 1.29 is 9.53 Å². The molecule has 5 nitrogen and oxygen atoms in total. The lowest BCUT2D eigenvalue weighted by Gasteiger charge is -2.13. The van der Waals surface area contributed by atoms with E-state index < -0.39 is 0 Å². The molecule has 2 aromatic carbocycles. The van der Waals surface area contributed by atoms with Crippen LogP contribution in [-0.4, -0.2) is 18.0 Å². The van der Waals surface area contributed by atoms with Crippen LogP contribution in [0, 0.1) is 6.92 Å². The number of halogens is 1. The van der Waals surface area contributed by atoms with E-state index in [1.807, 2.05) is 43.3 Å². The van der Waals surface area contributed by atoms with Gasteiger partial charge in [0.05, 0.1) is 30.2 Å². The first-order chi connectivity index (χ1) is 12.6. The summed E-state index contributed by atoms with van der Waals surface area (Å²) in [5.41, 5.74) is 3.51. The summed E-state index contributed by atoms with van der Waals surface area (Å²) in [6.45, 7) is 1.91. The van der Waals surface area contributed by atoms with Crippen LogP contribution in [-0.2, 0) is 0 Å². The van der Waals surface area contributed by atoms with Gasteiger partial charge in [0.1, 0.15) is 5.75 Å². The summed E-state index contributed by atoms with van der Waals surface area (Å²) in [6.07, 6.45) is 3.16. The zero-order valence-corrected chi connectivity index (χ0v) is 15.2. The van der Waals surface area contributed by atoms with Crippen LogP contribution in [0.15, 0.2) is 60.9 Å². The smallest absolute Gasteiger partial charge is 0.257 e. The van der Waals surface area contributed by atoms with Gasteiger partial charge in [0.15, 0.2) is 0 Å². The Morgan fingerprint density at radius 2 is 1.85 bits per heavy atom. The fraction of sp³-hybridized carbons (Fsp3) is 0.100. The number of nitrogens with zero attached hydrogens (tertiary/aromatic N) is 1. The van der Waals surface area contributed by atoms with Crippen LogP contribution < -0.4 is 15.4 Å². The third kappa shape index (κ3) is 4.13. The third-order valence-electron chi connectivity index (χ3n) is 3.79. The van der Waals surface area contributed by atoms with Crippen molar-refractivity contribution in [2.75, 3.05) is 17.7 Å². The number of benzene rings is 2. The van der Waals surface area contributed by atoms with Gasteiger partial charge in [-0.1, -0.05) is 29.8 Å². The van der Waals surface area contributed by atoms with E-state index in [0.29, 0.717) is 22.0 Å². The van der Waals surface area contributed by atoms with Gasteiger partial charge in [-0.2, -0.15) is 0 Å². The molecule has 1 aromatic heterocycles. The minimum atomic E-state index is -0.230. The van der Waals surface area contributed by atoms with Crippen LogP contribution in [0.5, 0.6) is 5.75 Å². The van der Waals surface area contributed by atoms with Gasteiger partial charge in [-0.25, -0.2) is 0 Å². The average Bonchev–Trinajstić information content (AvgIpc) is 2.65. The molecule has 0 saturated carbocycles. The van der Waals surface area contributed by atoms with Crippen LogP contribution in [0.3, 0.4) is 0 Å². The van der Waals surface area contributed by atoms with E-state index in [1.54, 1.807) is 25.4 Å². The highest BCUT2D eigenvalue weighted by Gasteiger charge is 2.10. The number of amides is 1. The molecule has 26 heavy (non-hydrogen) atoms. The monoisotopic (exact) mass is 367 g/mol. The molecule has 1 heterocycles. The maximum atomic E-state index is 12.4. The molecule has 0 aliphatic heterocycles. The summed E-state index contributed by atoms with van der Waals surface area (Å²) in [4.78, 5) is 16.6. The molecule has 0 unspecified atom stereocenters. The zero-order valence-electron chi connectivity index (χ0n) is 14.4. The van der Waals surface area contributed by atoms with E-state index in [9.17, 15) is 4.79 Å². The molecule has 132 valence electrons. The van der Waals surface area contributed by atoms with Crippen molar-refractivity contribution in [3.8, 4) is 5.75 Å². The van der Waals surface area contributed by atoms with Crippen LogP contribution in [0.4, 0.5) is 17.1 Å². The van der Waals surface area contributed by atoms with Crippen molar-refractivity contribution in [1.29, 1.82) is 0 Å². The Kier molecular flexibility index (Phi) is 5.39. The number of carbonyl (C=O) groups excluding carboxylic acids is 1. The Morgan fingerprint density at radius 1 is 1.08 bits per heavy atom. The number of aromatic nitrogens is 1. The molecule has 0 atom stereocenters. The summed E-state index contributed by atoms with van der Waals surface area (Å²) in [6, 6.07) is 14.6. The number of ether oxygens (including phenoxy) is 1. The van der Waals surface area contributed by atoms with Crippen LogP contribution >= 0.6 is 11.6 Å². The minimum Gasteiger partial charge on any atom is -0.495 e. The predicted octanol–water partition coefficient (Wildman–Crippen LogP) is 5.05. The number of aryl methyl sites for hydroxylation is 1. The molecule has 6 heteroatoms. The van der Waals surface area contributed by atoms with Crippen LogP contribution in [0.1, 0.15) is 15.9 Å². The molecule has 0 bridgehead atoms. The SMILES string of the molecule is COc1cc(Cl)c(C)cc1Nc1cncc(C(=O)Nc2ccccc2)c1. The number of nitrogens with one attached hydrogen (secondary N) is 2. The molecule has 0 aliphatic carbocycles. The average molecular weight is 368 g/mol. The molecule has 0 saturated heterocycles. The van der Waals surface area contributed by atoms with Gasteiger partial charge in [-0.3, -0.25) is 9.78 Å². The molecule has 0 fully saturated rings. The van der Waals surface area contributed by atoms with Crippen molar-refractivity contribution in [2.24, 2.45) is 0 Å². The lowest BCUT2D eigenvalue weighted by Crippen LogP contribution is -2.12. The number of hydrogen-bond donors (Lipinski definition) is 2. The molecule has 0 aliphatic rings. The summed E-state index contributed by atoms with van der Waals surface area (Å²) < 4.78 is 5.36. The van der Waals surface area contributed by atoms with Gasteiger partial charge in [-0.05, 0) is 36.8 Å². The van der Waals surface area contributed by atoms with Crippen molar-refractivity contribution >= 4 is 34.6 Å². The Labute approximate surface area is 157 Å². The number of para-hydroxylation sites is 1. The molecule has 2 N–H and O–H groups in total. The largest absolute Gasteiger partial charge is 0.495 e. The first kappa shape index (κ1) is 17.8. The van der Waals surface area contributed by atoms with E-state index in [1.165, 1.54) is 6.20 Å². The maximum Gasteiger partial charge on any atom is 0.257 e. The van der Waals surface area contributed by atoms with E-state index in [0.717, 1.165) is 16.9 Å². The predicted molar refractivity (Wildman–Crippen MR) is 105 cm³/mol. The lowest BCUT2D eigenvalue weighted by atomic mass is 10.2. The Morgan fingerprint density at radius 3 is 2.58 bits per heavy atom. The van der Waals surface area contributed by atoms with Gasteiger partial charge in [0.2, 0.25) is 0 Å². The molecule has 3 rings (SSSR count). The number of hydrogen-bond acceptors (Lipinski definition) is 4. The molecule has 3 aromatic rings. The molecular weight excluding hydrogens is 350 g/mol. The first-order valence-corrected chi connectivity index (χ1v) is 8.37. The zero-order chi connectivity index (χ0) is 18.5. The summed E-state index contributed by atoms with van der Waals surface area (Å²) >= 11 is 6.14. The van der Waals surface area contributed by atoms with E-state index in [-0.39, 0.29) is 5.91 Å². The van der Waals surface area contributed by atoms with Crippen molar-refractivity contribution in [3.05, 3.63) is 77.1 Å². The summed E-state index contributed by atoms with van der Waals surface area (Å²) in [7, 11) is 1.58. The fourth-order valence-electron chi connectivity index (χ4n) is 2.44. The third-order valence-corrected chi connectivity index (χ3v) is 4.20. The number of rotatable bonds is 5.